The van der Waals surface area contributed by atoms with Crippen LogP contribution in [-0.4, -0.2) is 68.3 Å². The van der Waals surface area contributed by atoms with Gasteiger partial charge in [-0.3, -0.25) is 14.8 Å². The molecule has 1 aromatic heterocycles. The van der Waals surface area contributed by atoms with Crippen molar-refractivity contribution in [3.05, 3.63) is 11.6 Å². The number of fused-ring (bicyclic) bond motifs is 1. The number of nitrogens with one attached hydrogen (secondary N) is 1. The SMILES string of the molecule is CN1CCC(C(=O)N2CCn3nc(C(=O)NO)nc3C2)CC1. The molecule has 2 amide bonds. The van der Waals surface area contributed by atoms with E-state index in [0.717, 1.165) is 25.9 Å². The maximum atomic E-state index is 12.6. The summed E-state index contributed by atoms with van der Waals surface area (Å²) >= 11 is 0. The van der Waals surface area contributed by atoms with Crippen LogP contribution >= 0.6 is 0 Å². The summed E-state index contributed by atoms with van der Waals surface area (Å²) in [6.07, 6.45) is 1.77. The van der Waals surface area contributed by atoms with E-state index in [0.29, 0.717) is 25.5 Å². The van der Waals surface area contributed by atoms with Gasteiger partial charge >= 0.3 is 5.91 Å². The lowest BCUT2D eigenvalue weighted by Crippen LogP contribution is -2.44. The smallest absolute Gasteiger partial charge is 0.314 e. The fourth-order valence-electron chi connectivity index (χ4n) is 2.98. The minimum Gasteiger partial charge on any atom is -0.333 e. The third kappa shape index (κ3) is 2.81. The number of piperidine rings is 1. The lowest BCUT2D eigenvalue weighted by molar-refractivity contribution is -0.138. The second kappa shape index (κ2) is 6.01. The zero-order chi connectivity index (χ0) is 15.7. The normalized spacial score (nSPS) is 19.8. The van der Waals surface area contributed by atoms with Gasteiger partial charge < -0.3 is 9.80 Å². The molecule has 2 aliphatic heterocycles. The molecule has 0 unspecified atom stereocenters. The van der Waals surface area contributed by atoms with Crippen LogP contribution < -0.4 is 5.48 Å². The topological polar surface area (TPSA) is 104 Å². The van der Waals surface area contributed by atoms with Gasteiger partial charge in [0.05, 0.1) is 13.1 Å². The van der Waals surface area contributed by atoms with E-state index in [9.17, 15) is 9.59 Å². The second-order valence-electron chi connectivity index (χ2n) is 5.85. The van der Waals surface area contributed by atoms with Crippen LogP contribution in [0.25, 0.3) is 0 Å². The average Bonchev–Trinajstić information content (AvgIpc) is 2.97. The van der Waals surface area contributed by atoms with Crippen molar-refractivity contribution in [1.29, 1.82) is 0 Å². The number of amides is 2. The molecular formula is C13H20N6O3. The first kappa shape index (κ1) is 14.9. The molecule has 0 spiro atoms. The van der Waals surface area contributed by atoms with Gasteiger partial charge in [-0.1, -0.05) is 0 Å². The Labute approximate surface area is 127 Å². The van der Waals surface area contributed by atoms with Crippen molar-refractivity contribution in [1.82, 2.24) is 30.0 Å². The minimum atomic E-state index is -0.741. The van der Waals surface area contributed by atoms with Crippen LogP contribution in [0.1, 0.15) is 29.3 Å². The summed E-state index contributed by atoms with van der Waals surface area (Å²) in [5.41, 5.74) is 1.52. The van der Waals surface area contributed by atoms with Crippen molar-refractivity contribution in [3.8, 4) is 0 Å². The van der Waals surface area contributed by atoms with Gasteiger partial charge in [0, 0.05) is 12.5 Å². The number of aromatic nitrogens is 3. The Morgan fingerprint density at radius 3 is 2.64 bits per heavy atom. The number of hydrogen-bond donors (Lipinski definition) is 2. The fourth-order valence-corrected chi connectivity index (χ4v) is 2.98. The molecule has 3 heterocycles. The van der Waals surface area contributed by atoms with Crippen molar-refractivity contribution < 1.29 is 14.8 Å². The Kier molecular flexibility index (Phi) is 4.08. The molecule has 22 heavy (non-hydrogen) atoms. The summed E-state index contributed by atoms with van der Waals surface area (Å²) < 4.78 is 1.61. The maximum absolute atomic E-state index is 12.6. The van der Waals surface area contributed by atoms with Crippen LogP contribution in [0.5, 0.6) is 0 Å². The molecule has 2 N–H and O–H groups in total. The molecule has 0 saturated carbocycles. The van der Waals surface area contributed by atoms with Gasteiger partial charge in [0.15, 0.2) is 0 Å². The highest BCUT2D eigenvalue weighted by atomic mass is 16.5. The summed E-state index contributed by atoms with van der Waals surface area (Å²) in [5.74, 6) is -0.00583. The lowest BCUT2D eigenvalue weighted by atomic mass is 9.95. The minimum absolute atomic E-state index is 0.0749. The van der Waals surface area contributed by atoms with E-state index in [1.54, 1.807) is 9.58 Å². The maximum Gasteiger partial charge on any atom is 0.314 e. The standard InChI is InChI=1S/C13H20N6O3/c1-17-4-2-9(3-5-17)13(21)18-6-7-19-10(8-18)14-11(15-19)12(20)16-22/h9,22H,2-8H2,1H3,(H,16,20). The third-order valence-corrected chi connectivity index (χ3v) is 4.35. The number of hydroxylamine groups is 1. The van der Waals surface area contributed by atoms with Crippen LogP contribution in [0.3, 0.4) is 0 Å². The van der Waals surface area contributed by atoms with E-state index < -0.39 is 5.91 Å². The van der Waals surface area contributed by atoms with Gasteiger partial charge in [0.25, 0.3) is 0 Å². The molecule has 0 bridgehead atoms. The van der Waals surface area contributed by atoms with E-state index in [1.807, 2.05) is 0 Å². The fraction of sp³-hybridized carbons (Fsp3) is 0.692. The lowest BCUT2D eigenvalue weighted by Gasteiger charge is -2.34. The van der Waals surface area contributed by atoms with Gasteiger partial charge in [-0.15, -0.1) is 5.10 Å². The van der Waals surface area contributed by atoms with Gasteiger partial charge in [-0.25, -0.2) is 15.1 Å². The van der Waals surface area contributed by atoms with Crippen LogP contribution in [-0.2, 0) is 17.9 Å². The van der Waals surface area contributed by atoms with Gasteiger partial charge in [-0.05, 0) is 33.0 Å². The molecule has 1 aromatic rings. The third-order valence-electron chi connectivity index (χ3n) is 4.35. The predicted molar refractivity (Wildman–Crippen MR) is 74.9 cm³/mol. The average molecular weight is 308 g/mol. The first-order chi connectivity index (χ1) is 10.6. The summed E-state index contributed by atoms with van der Waals surface area (Å²) in [4.78, 5) is 32.1. The number of nitrogens with zero attached hydrogens (tertiary/aromatic N) is 5. The first-order valence-corrected chi connectivity index (χ1v) is 7.44. The molecule has 0 radical (unpaired) electrons. The number of carbonyl (C=O) groups excluding carboxylic acids is 2. The van der Waals surface area contributed by atoms with Crippen molar-refractivity contribution in [2.45, 2.75) is 25.9 Å². The zero-order valence-electron chi connectivity index (χ0n) is 12.5. The van der Waals surface area contributed by atoms with Crippen LogP contribution in [0.4, 0.5) is 0 Å². The predicted octanol–water partition coefficient (Wildman–Crippen LogP) is -0.919. The number of rotatable bonds is 2. The number of hydrogen-bond acceptors (Lipinski definition) is 6. The molecule has 3 rings (SSSR count). The number of carbonyl (C=O) groups is 2. The van der Waals surface area contributed by atoms with Crippen LogP contribution in [0.2, 0.25) is 0 Å². The monoisotopic (exact) mass is 308 g/mol. The molecule has 0 aliphatic carbocycles. The highest BCUT2D eigenvalue weighted by molar-refractivity contribution is 5.89. The van der Waals surface area contributed by atoms with Crippen molar-refractivity contribution in [2.24, 2.45) is 5.92 Å². The summed E-state index contributed by atoms with van der Waals surface area (Å²) in [7, 11) is 2.07. The molecular weight excluding hydrogens is 288 g/mol. The summed E-state index contributed by atoms with van der Waals surface area (Å²) in [5, 5.41) is 12.7. The Hall–Kier alpha value is -2.00. The Morgan fingerprint density at radius 1 is 1.23 bits per heavy atom. The molecule has 1 fully saturated rings. The first-order valence-electron chi connectivity index (χ1n) is 7.44. The van der Waals surface area contributed by atoms with E-state index in [2.05, 4.69) is 22.0 Å². The van der Waals surface area contributed by atoms with E-state index in [-0.39, 0.29) is 17.6 Å². The second-order valence-corrected chi connectivity index (χ2v) is 5.85. The highest BCUT2D eigenvalue weighted by Gasteiger charge is 2.31. The van der Waals surface area contributed by atoms with E-state index in [1.165, 1.54) is 5.48 Å². The number of likely N-dealkylation sites (tertiary alicyclic amines) is 1. The van der Waals surface area contributed by atoms with Gasteiger partial charge in [-0.2, -0.15) is 0 Å². The van der Waals surface area contributed by atoms with Crippen LogP contribution in [0, 0.1) is 5.92 Å². The molecule has 9 nitrogen and oxygen atoms in total. The molecule has 0 atom stereocenters. The molecule has 120 valence electrons. The van der Waals surface area contributed by atoms with Crippen molar-refractivity contribution >= 4 is 11.8 Å². The highest BCUT2D eigenvalue weighted by Crippen LogP contribution is 2.21. The van der Waals surface area contributed by atoms with Gasteiger partial charge in [0.2, 0.25) is 11.7 Å². The van der Waals surface area contributed by atoms with E-state index >= 15 is 0 Å². The zero-order valence-corrected chi connectivity index (χ0v) is 12.5. The van der Waals surface area contributed by atoms with Crippen LogP contribution in [0.15, 0.2) is 0 Å². The van der Waals surface area contributed by atoms with E-state index in [4.69, 9.17) is 5.21 Å². The molecule has 1 saturated heterocycles. The quantitative estimate of drug-likeness (QED) is 0.541. The molecule has 2 aliphatic rings. The summed E-state index contributed by atoms with van der Waals surface area (Å²) in [6.45, 7) is 3.33. The Balaban J connectivity index is 1.67. The summed E-state index contributed by atoms with van der Waals surface area (Å²) in [6, 6.07) is 0. The Morgan fingerprint density at radius 2 is 1.95 bits per heavy atom. The van der Waals surface area contributed by atoms with Crippen molar-refractivity contribution in [3.63, 3.8) is 0 Å². The van der Waals surface area contributed by atoms with Crippen molar-refractivity contribution in [2.75, 3.05) is 26.7 Å². The Bertz CT molecular complexity index is 578. The molecule has 0 aromatic carbocycles. The van der Waals surface area contributed by atoms with Gasteiger partial charge in [0.1, 0.15) is 5.82 Å². The molecule has 9 heteroatoms. The largest absolute Gasteiger partial charge is 0.333 e.